The maximum Gasteiger partial charge on any atom is 0.524 e. The summed E-state index contributed by atoms with van der Waals surface area (Å²) in [6.45, 7) is 2.12. The summed E-state index contributed by atoms with van der Waals surface area (Å²) in [6.07, 6.45) is 5.76. The Hall–Kier alpha value is -0.800. The van der Waals surface area contributed by atoms with Crippen molar-refractivity contribution in [2.75, 3.05) is 0 Å². The topological polar surface area (TPSA) is 66.8 Å². The van der Waals surface area contributed by atoms with Gasteiger partial charge in [0.25, 0.3) is 0 Å². The molecular weight excluding hydrogens is 347 g/mol. The first-order valence-electron chi connectivity index (χ1n) is 8.48. The predicted octanol–water partition coefficient (Wildman–Crippen LogP) is 4.75. The van der Waals surface area contributed by atoms with Crippen LogP contribution in [0.3, 0.4) is 0 Å². The lowest BCUT2D eigenvalue weighted by Gasteiger charge is -2.56. The molecule has 130 valence electrons. The summed E-state index contributed by atoms with van der Waals surface area (Å²) in [6, 6.07) is 7.06. The molecule has 0 spiro atoms. The van der Waals surface area contributed by atoms with E-state index in [1.165, 1.54) is 30.4 Å². The van der Waals surface area contributed by atoms with Gasteiger partial charge in [-0.3, -0.25) is 9.79 Å². The molecule has 4 bridgehead atoms. The number of phosphoric acid groups is 1. The smallest absolute Gasteiger partial charge is 0.404 e. The van der Waals surface area contributed by atoms with Crippen molar-refractivity contribution in [3.05, 3.63) is 35.4 Å². The van der Waals surface area contributed by atoms with Gasteiger partial charge in [0.15, 0.2) is 0 Å². The van der Waals surface area contributed by atoms with E-state index >= 15 is 0 Å². The number of hydrogen-bond acceptors (Lipinski definition) is 2. The van der Waals surface area contributed by atoms with Crippen molar-refractivity contribution in [2.24, 2.45) is 17.8 Å². The van der Waals surface area contributed by atoms with E-state index in [1.54, 1.807) is 18.2 Å². The lowest BCUT2D eigenvalue weighted by molar-refractivity contribution is 0.0875. The first-order chi connectivity index (χ1) is 11.2. The molecule has 4 saturated carbocycles. The lowest BCUT2D eigenvalue weighted by atomic mass is 9.53. The van der Waals surface area contributed by atoms with Gasteiger partial charge in [-0.1, -0.05) is 17.7 Å². The number of benzene rings is 1. The van der Waals surface area contributed by atoms with Gasteiger partial charge in [0.2, 0.25) is 0 Å². The molecule has 1 aromatic rings. The molecule has 4 nitrogen and oxygen atoms in total. The van der Waals surface area contributed by atoms with Gasteiger partial charge >= 0.3 is 7.82 Å². The summed E-state index contributed by atoms with van der Waals surface area (Å²) < 4.78 is 15.8. The van der Waals surface area contributed by atoms with Gasteiger partial charge < -0.3 is 4.52 Å². The quantitative estimate of drug-likeness (QED) is 0.597. The zero-order valence-electron chi connectivity index (χ0n) is 13.6. The van der Waals surface area contributed by atoms with Gasteiger partial charge in [0.1, 0.15) is 5.75 Å². The van der Waals surface area contributed by atoms with Crippen LogP contribution in [0.2, 0.25) is 0 Å². The summed E-state index contributed by atoms with van der Waals surface area (Å²) in [7, 11) is -4.53. The Bertz CT molecular complexity index is 735. The Morgan fingerprint density at radius 3 is 2.50 bits per heavy atom. The maximum absolute atomic E-state index is 11.1. The van der Waals surface area contributed by atoms with E-state index in [9.17, 15) is 4.57 Å². The Kier molecular flexibility index (Phi) is 3.89. The number of rotatable bonds is 3. The maximum atomic E-state index is 11.1. The zero-order valence-corrected chi connectivity index (χ0v) is 15.3. The van der Waals surface area contributed by atoms with Crippen molar-refractivity contribution in [3.8, 4) is 5.75 Å². The van der Waals surface area contributed by atoms with Crippen LogP contribution in [-0.4, -0.2) is 14.7 Å². The van der Waals surface area contributed by atoms with E-state index < -0.39 is 7.82 Å². The monoisotopic (exact) mass is 368 g/mol. The minimum atomic E-state index is -4.53. The summed E-state index contributed by atoms with van der Waals surface area (Å²) in [5.41, 5.74) is 3.71. The van der Waals surface area contributed by atoms with Gasteiger partial charge in [-0.2, -0.15) is 0 Å². The highest BCUT2D eigenvalue weighted by molar-refractivity contribution is 7.46. The van der Waals surface area contributed by atoms with Crippen LogP contribution >= 0.6 is 19.4 Å². The Morgan fingerprint density at radius 2 is 1.92 bits per heavy atom. The number of phosphoric ester groups is 1. The number of allylic oxidation sites excluding steroid dienone is 2. The minimum absolute atomic E-state index is 0.00561. The Morgan fingerprint density at radius 1 is 1.25 bits per heavy atom. The molecule has 4 aliphatic carbocycles. The van der Waals surface area contributed by atoms with Gasteiger partial charge in [-0.25, -0.2) is 4.57 Å². The third kappa shape index (κ3) is 3.06. The highest BCUT2D eigenvalue weighted by atomic mass is 35.5. The third-order valence-corrected chi connectivity index (χ3v) is 6.83. The molecule has 2 atom stereocenters. The average molecular weight is 369 g/mol. The molecule has 0 heterocycles. The zero-order chi connectivity index (χ0) is 17.1. The number of halogens is 1. The largest absolute Gasteiger partial charge is 0.524 e. The molecule has 0 aliphatic heterocycles. The van der Waals surface area contributed by atoms with Crippen LogP contribution in [-0.2, 0) is 4.57 Å². The molecule has 0 radical (unpaired) electrons. The number of alkyl halides is 1. The van der Waals surface area contributed by atoms with Crippen molar-refractivity contribution in [1.29, 1.82) is 0 Å². The van der Waals surface area contributed by atoms with Gasteiger partial charge in [-0.05, 0) is 80.1 Å². The van der Waals surface area contributed by atoms with Crippen LogP contribution in [0.1, 0.15) is 44.6 Å². The molecule has 24 heavy (non-hydrogen) atoms. The Balaban J connectivity index is 1.68. The van der Waals surface area contributed by atoms with E-state index in [-0.39, 0.29) is 10.6 Å². The van der Waals surface area contributed by atoms with Crippen LogP contribution in [0.5, 0.6) is 5.75 Å². The van der Waals surface area contributed by atoms with Crippen molar-refractivity contribution in [1.82, 2.24) is 0 Å². The highest BCUT2D eigenvalue weighted by Crippen LogP contribution is 2.61. The first kappa shape index (κ1) is 16.7. The number of hydrogen-bond donors (Lipinski definition) is 2. The van der Waals surface area contributed by atoms with Crippen LogP contribution in [0.15, 0.2) is 29.8 Å². The lowest BCUT2D eigenvalue weighted by Crippen LogP contribution is -2.48. The summed E-state index contributed by atoms with van der Waals surface area (Å²) in [5, 5.41) is 0. The van der Waals surface area contributed by atoms with Crippen LogP contribution in [0, 0.1) is 17.8 Å². The molecule has 2 unspecified atom stereocenters. The van der Waals surface area contributed by atoms with Crippen LogP contribution in [0.25, 0.3) is 5.57 Å². The summed E-state index contributed by atoms with van der Waals surface area (Å²) in [4.78, 5) is 18.0. The summed E-state index contributed by atoms with van der Waals surface area (Å²) in [5.74, 6) is 2.08. The van der Waals surface area contributed by atoms with E-state index in [4.69, 9.17) is 25.9 Å². The SMILES string of the molecule is CC(=C1C2CC3CC1CC(Cl)(C3)C2)c1cccc(OP(=O)(O)O)c1. The molecule has 0 amide bonds. The molecule has 5 rings (SSSR count). The van der Waals surface area contributed by atoms with Crippen molar-refractivity contribution < 1.29 is 18.9 Å². The second-order valence-corrected chi connectivity index (χ2v) is 9.65. The van der Waals surface area contributed by atoms with Gasteiger partial charge in [-0.15, -0.1) is 11.6 Å². The van der Waals surface area contributed by atoms with E-state index in [0.717, 1.165) is 24.3 Å². The van der Waals surface area contributed by atoms with Crippen LogP contribution in [0.4, 0.5) is 0 Å². The predicted molar refractivity (Wildman–Crippen MR) is 93.8 cm³/mol. The van der Waals surface area contributed by atoms with Gasteiger partial charge in [0.05, 0.1) is 0 Å². The second-order valence-electron chi connectivity index (χ2n) is 7.68. The third-order valence-electron chi connectivity index (χ3n) is 5.92. The molecule has 1 aromatic carbocycles. The highest BCUT2D eigenvalue weighted by Gasteiger charge is 2.52. The van der Waals surface area contributed by atoms with Crippen molar-refractivity contribution in [2.45, 2.75) is 43.9 Å². The molecule has 6 heteroatoms. The fourth-order valence-corrected chi connectivity index (χ4v) is 6.37. The average Bonchev–Trinajstić information content (AvgIpc) is 2.43. The summed E-state index contributed by atoms with van der Waals surface area (Å²) >= 11 is 6.82. The van der Waals surface area contributed by atoms with Crippen molar-refractivity contribution in [3.63, 3.8) is 0 Å². The minimum Gasteiger partial charge on any atom is -0.404 e. The molecule has 2 N–H and O–H groups in total. The van der Waals surface area contributed by atoms with Gasteiger partial charge in [0, 0.05) is 4.87 Å². The molecular formula is C18H22ClO4P. The second kappa shape index (κ2) is 5.60. The molecule has 4 fully saturated rings. The Labute approximate surface area is 147 Å². The standard InChI is InChI=1S/C18H22ClO4P/c1-11(13-3-2-4-16(7-13)23-24(20,21)22)17-14-5-12-6-15(17)10-18(19,8-12)9-14/h2-4,7,12,14-15H,5-6,8-10H2,1H3,(H2,20,21,22). The molecule has 0 aromatic heterocycles. The fraction of sp³-hybridized carbons (Fsp3) is 0.556. The molecule has 4 aliphatic rings. The van der Waals surface area contributed by atoms with E-state index in [1.807, 2.05) is 6.07 Å². The first-order valence-corrected chi connectivity index (χ1v) is 10.4. The normalized spacial score (nSPS) is 34.5. The van der Waals surface area contributed by atoms with Crippen LogP contribution < -0.4 is 4.52 Å². The van der Waals surface area contributed by atoms with Crippen molar-refractivity contribution >= 4 is 25.0 Å². The molecule has 0 saturated heterocycles. The van der Waals surface area contributed by atoms with E-state index in [2.05, 4.69) is 6.92 Å². The van der Waals surface area contributed by atoms with E-state index in [0.29, 0.717) is 11.8 Å². The fourth-order valence-electron chi connectivity index (χ4n) is 5.39.